The van der Waals surface area contributed by atoms with Gasteiger partial charge >= 0.3 is 0 Å². The van der Waals surface area contributed by atoms with Gasteiger partial charge in [-0.15, -0.1) is 0 Å². The molecule has 2 rings (SSSR count). The van der Waals surface area contributed by atoms with Crippen LogP contribution in [0.5, 0.6) is 5.75 Å². The quantitative estimate of drug-likeness (QED) is 0.817. The van der Waals surface area contributed by atoms with Crippen molar-refractivity contribution in [1.82, 2.24) is 9.78 Å². The van der Waals surface area contributed by atoms with Gasteiger partial charge in [-0.05, 0) is 19.1 Å². The topological polar surface area (TPSA) is 38.0 Å². The molecule has 0 aliphatic carbocycles. The molecule has 1 aromatic heterocycles. The zero-order valence-electron chi connectivity index (χ0n) is 10.7. The van der Waals surface area contributed by atoms with Crippen LogP contribution in [0.2, 0.25) is 0 Å². The number of para-hydroxylation sites is 1. The number of hydrogen-bond acceptors (Lipinski definition) is 2. The summed E-state index contributed by atoms with van der Waals surface area (Å²) in [6.07, 6.45) is 0. The summed E-state index contributed by atoms with van der Waals surface area (Å²) in [4.78, 5) is 0. The number of hydrogen-bond donors (Lipinski definition) is 1. The Morgan fingerprint density at radius 1 is 1.12 bits per heavy atom. The third-order valence-corrected chi connectivity index (χ3v) is 2.74. The summed E-state index contributed by atoms with van der Waals surface area (Å²) in [6, 6.07) is 9.88. The Labute approximate surface area is 102 Å². The van der Waals surface area contributed by atoms with E-state index in [4.69, 9.17) is 0 Å². The van der Waals surface area contributed by atoms with Gasteiger partial charge in [-0.2, -0.15) is 5.10 Å². The van der Waals surface area contributed by atoms with E-state index in [1.807, 2.05) is 41.9 Å². The Balaban J connectivity index is 2.67. The van der Waals surface area contributed by atoms with Gasteiger partial charge < -0.3 is 5.11 Å². The van der Waals surface area contributed by atoms with Gasteiger partial charge in [0.1, 0.15) is 5.69 Å². The predicted molar refractivity (Wildman–Crippen MR) is 68.7 cm³/mol. The maximum Gasteiger partial charge on any atom is 0.160 e. The second-order valence-electron chi connectivity index (χ2n) is 5.28. The molecule has 3 heteroatoms. The van der Waals surface area contributed by atoms with Crippen molar-refractivity contribution >= 4 is 0 Å². The molecule has 0 fully saturated rings. The largest absolute Gasteiger partial charge is 0.504 e. The van der Waals surface area contributed by atoms with Crippen molar-refractivity contribution in [2.45, 2.75) is 33.1 Å². The van der Waals surface area contributed by atoms with Crippen LogP contribution in [0.15, 0.2) is 30.3 Å². The van der Waals surface area contributed by atoms with Crippen molar-refractivity contribution in [2.24, 2.45) is 0 Å². The molecule has 0 unspecified atom stereocenters. The molecule has 1 N–H and O–H groups in total. The highest BCUT2D eigenvalue weighted by Gasteiger charge is 2.26. The second kappa shape index (κ2) is 3.91. The van der Waals surface area contributed by atoms with Crippen molar-refractivity contribution < 1.29 is 5.11 Å². The normalized spacial score (nSPS) is 11.8. The Kier molecular flexibility index (Phi) is 2.69. The first-order chi connectivity index (χ1) is 7.91. The molecule has 17 heavy (non-hydrogen) atoms. The summed E-state index contributed by atoms with van der Waals surface area (Å²) in [6.45, 7) is 8.04. The molecule has 0 amide bonds. The number of rotatable bonds is 1. The van der Waals surface area contributed by atoms with E-state index in [0.29, 0.717) is 11.4 Å². The smallest absolute Gasteiger partial charge is 0.160 e. The maximum absolute atomic E-state index is 10.1. The van der Waals surface area contributed by atoms with E-state index >= 15 is 0 Å². The summed E-state index contributed by atoms with van der Waals surface area (Å²) in [5.74, 6) is 0.293. The average Bonchev–Trinajstić information content (AvgIpc) is 2.56. The van der Waals surface area contributed by atoms with Crippen LogP contribution in [0.25, 0.3) is 5.69 Å². The van der Waals surface area contributed by atoms with E-state index in [2.05, 4.69) is 25.9 Å². The Bertz CT molecular complexity index is 521. The minimum Gasteiger partial charge on any atom is -0.504 e. The molecule has 1 aromatic carbocycles. The lowest BCUT2D eigenvalue weighted by molar-refractivity contribution is 0.437. The molecule has 1 heterocycles. The van der Waals surface area contributed by atoms with Crippen molar-refractivity contribution in [3.05, 3.63) is 41.7 Å². The molecule has 90 valence electrons. The van der Waals surface area contributed by atoms with Gasteiger partial charge in [0.25, 0.3) is 0 Å². The zero-order valence-corrected chi connectivity index (χ0v) is 10.7. The first-order valence-electron chi connectivity index (χ1n) is 5.76. The van der Waals surface area contributed by atoms with Gasteiger partial charge in [-0.1, -0.05) is 39.0 Å². The number of aryl methyl sites for hydroxylation is 1. The molecule has 0 saturated heterocycles. The molecule has 2 aromatic rings. The Morgan fingerprint density at radius 2 is 1.71 bits per heavy atom. The first-order valence-corrected chi connectivity index (χ1v) is 5.76. The third kappa shape index (κ3) is 2.05. The van der Waals surface area contributed by atoms with E-state index in [0.717, 1.165) is 11.4 Å². The molecular formula is C14H18N2O. The molecular weight excluding hydrogens is 212 g/mol. The summed E-state index contributed by atoms with van der Waals surface area (Å²) >= 11 is 0. The molecule has 0 aliphatic heterocycles. The van der Waals surface area contributed by atoms with Crippen LogP contribution >= 0.6 is 0 Å². The molecule has 0 atom stereocenters. The van der Waals surface area contributed by atoms with Crippen molar-refractivity contribution in [2.75, 3.05) is 0 Å². The van der Waals surface area contributed by atoms with Crippen LogP contribution in [0.4, 0.5) is 0 Å². The lowest BCUT2D eigenvalue weighted by Crippen LogP contribution is -2.17. The molecule has 0 aliphatic rings. The van der Waals surface area contributed by atoms with Gasteiger partial charge in [0.2, 0.25) is 0 Å². The summed E-state index contributed by atoms with van der Waals surface area (Å²) < 4.78 is 1.82. The monoisotopic (exact) mass is 230 g/mol. The Hall–Kier alpha value is -1.77. The van der Waals surface area contributed by atoms with Crippen LogP contribution in [-0.2, 0) is 5.41 Å². The molecule has 0 spiro atoms. The van der Waals surface area contributed by atoms with Crippen LogP contribution in [0, 0.1) is 6.92 Å². The summed E-state index contributed by atoms with van der Waals surface area (Å²) in [5.41, 5.74) is 2.34. The van der Waals surface area contributed by atoms with Crippen LogP contribution < -0.4 is 0 Å². The van der Waals surface area contributed by atoms with Gasteiger partial charge in [0, 0.05) is 5.41 Å². The molecule has 3 nitrogen and oxygen atoms in total. The van der Waals surface area contributed by atoms with Gasteiger partial charge in [0.05, 0.1) is 11.4 Å². The van der Waals surface area contributed by atoms with E-state index in [-0.39, 0.29) is 5.41 Å². The third-order valence-electron chi connectivity index (χ3n) is 2.74. The minimum absolute atomic E-state index is 0.152. The fourth-order valence-corrected chi connectivity index (χ4v) is 1.95. The fourth-order valence-electron chi connectivity index (χ4n) is 1.95. The fraction of sp³-hybridized carbons (Fsp3) is 0.357. The standard InChI is InChI=1S/C14H18N2O/c1-10-12(17)13(14(2,3)4)16(15-10)11-8-6-5-7-9-11/h5-9,17H,1-4H3. The highest BCUT2D eigenvalue weighted by molar-refractivity contribution is 5.43. The molecule has 0 bridgehead atoms. The number of nitrogens with zero attached hydrogens (tertiary/aromatic N) is 2. The maximum atomic E-state index is 10.1. The van der Waals surface area contributed by atoms with Crippen LogP contribution in [-0.4, -0.2) is 14.9 Å². The lowest BCUT2D eigenvalue weighted by Gasteiger charge is -2.20. The number of benzene rings is 1. The summed E-state index contributed by atoms with van der Waals surface area (Å²) in [5, 5.41) is 14.5. The highest BCUT2D eigenvalue weighted by Crippen LogP contribution is 2.34. The lowest BCUT2D eigenvalue weighted by atomic mass is 9.91. The van der Waals surface area contributed by atoms with Crippen LogP contribution in [0.3, 0.4) is 0 Å². The highest BCUT2D eigenvalue weighted by atomic mass is 16.3. The van der Waals surface area contributed by atoms with Gasteiger partial charge in [-0.25, -0.2) is 4.68 Å². The van der Waals surface area contributed by atoms with Gasteiger partial charge in [0.15, 0.2) is 5.75 Å². The van der Waals surface area contributed by atoms with Crippen molar-refractivity contribution in [3.63, 3.8) is 0 Å². The second-order valence-corrected chi connectivity index (χ2v) is 5.28. The SMILES string of the molecule is Cc1nn(-c2ccccc2)c(C(C)(C)C)c1O. The first kappa shape index (κ1) is 11.7. The molecule has 0 radical (unpaired) electrons. The van der Waals surface area contributed by atoms with E-state index < -0.39 is 0 Å². The number of aromatic nitrogens is 2. The predicted octanol–water partition coefficient (Wildman–Crippen LogP) is 3.18. The number of aromatic hydroxyl groups is 1. The van der Waals surface area contributed by atoms with E-state index in [1.54, 1.807) is 0 Å². The average molecular weight is 230 g/mol. The summed E-state index contributed by atoms with van der Waals surface area (Å²) in [7, 11) is 0. The minimum atomic E-state index is -0.152. The van der Waals surface area contributed by atoms with E-state index in [9.17, 15) is 5.11 Å². The Morgan fingerprint density at radius 3 is 2.24 bits per heavy atom. The van der Waals surface area contributed by atoms with Crippen molar-refractivity contribution in [3.8, 4) is 11.4 Å². The van der Waals surface area contributed by atoms with Crippen LogP contribution in [0.1, 0.15) is 32.2 Å². The zero-order chi connectivity index (χ0) is 12.6. The van der Waals surface area contributed by atoms with Crippen molar-refractivity contribution in [1.29, 1.82) is 0 Å². The van der Waals surface area contributed by atoms with E-state index in [1.165, 1.54) is 0 Å². The van der Waals surface area contributed by atoms with Gasteiger partial charge in [-0.3, -0.25) is 0 Å². The molecule has 0 saturated carbocycles.